The number of aliphatic hydroxyl groups is 1. The zero-order valence-electron chi connectivity index (χ0n) is 11.2. The summed E-state index contributed by atoms with van der Waals surface area (Å²) >= 11 is 0. The van der Waals surface area contributed by atoms with Gasteiger partial charge in [-0.3, -0.25) is 4.79 Å². The van der Waals surface area contributed by atoms with Crippen LogP contribution < -0.4 is 11.1 Å². The van der Waals surface area contributed by atoms with E-state index in [0.29, 0.717) is 25.5 Å². The molecule has 0 aromatic carbocycles. The number of hydrogen-bond donors (Lipinski definition) is 3. The zero-order chi connectivity index (χ0) is 13.4. The standard InChI is InChI=1S/C13H26N2O3/c1-18-8-2-3-12(14)13(17)15-9-10-4-6-11(16)7-5-10/h10-12,16H,2-9,14H2,1H3,(H,15,17). The molecule has 1 unspecified atom stereocenters. The van der Waals surface area contributed by atoms with Gasteiger partial charge in [-0.1, -0.05) is 0 Å². The van der Waals surface area contributed by atoms with Crippen LogP contribution in [0.15, 0.2) is 0 Å². The maximum atomic E-state index is 11.7. The summed E-state index contributed by atoms with van der Waals surface area (Å²) in [5.41, 5.74) is 5.79. The molecule has 0 spiro atoms. The Hall–Kier alpha value is -0.650. The summed E-state index contributed by atoms with van der Waals surface area (Å²) in [5.74, 6) is 0.417. The fourth-order valence-corrected chi connectivity index (χ4v) is 2.30. The monoisotopic (exact) mass is 258 g/mol. The van der Waals surface area contributed by atoms with Gasteiger partial charge in [0, 0.05) is 20.3 Å². The molecule has 0 aromatic heterocycles. The first kappa shape index (κ1) is 15.4. The Kier molecular flexibility index (Phi) is 7.23. The van der Waals surface area contributed by atoms with Crippen molar-refractivity contribution in [1.29, 1.82) is 0 Å². The van der Waals surface area contributed by atoms with Gasteiger partial charge in [0.15, 0.2) is 0 Å². The van der Waals surface area contributed by atoms with Crippen LogP contribution in [0, 0.1) is 5.92 Å². The Morgan fingerprint density at radius 2 is 2.11 bits per heavy atom. The van der Waals surface area contributed by atoms with Gasteiger partial charge in [0.05, 0.1) is 12.1 Å². The van der Waals surface area contributed by atoms with Gasteiger partial charge in [0.25, 0.3) is 0 Å². The van der Waals surface area contributed by atoms with Crippen LogP contribution in [0.25, 0.3) is 0 Å². The Morgan fingerprint density at radius 3 is 2.72 bits per heavy atom. The normalized spacial score (nSPS) is 25.7. The first-order valence-electron chi connectivity index (χ1n) is 6.83. The van der Waals surface area contributed by atoms with Crippen LogP contribution in [0.5, 0.6) is 0 Å². The third kappa shape index (κ3) is 5.80. The fraction of sp³-hybridized carbons (Fsp3) is 0.923. The molecule has 4 N–H and O–H groups in total. The van der Waals surface area contributed by atoms with Crippen molar-refractivity contribution in [2.45, 2.75) is 50.7 Å². The van der Waals surface area contributed by atoms with E-state index in [1.165, 1.54) is 0 Å². The predicted octanol–water partition coefficient (Wildman–Crippen LogP) is 0.408. The van der Waals surface area contributed by atoms with Crippen molar-refractivity contribution in [2.75, 3.05) is 20.3 Å². The molecule has 0 heterocycles. The van der Waals surface area contributed by atoms with E-state index in [0.717, 1.165) is 32.1 Å². The minimum absolute atomic E-state index is 0.0720. The summed E-state index contributed by atoms with van der Waals surface area (Å²) in [5, 5.41) is 12.3. The highest BCUT2D eigenvalue weighted by atomic mass is 16.5. The Morgan fingerprint density at radius 1 is 1.44 bits per heavy atom. The van der Waals surface area contributed by atoms with E-state index in [2.05, 4.69) is 5.32 Å². The van der Waals surface area contributed by atoms with Crippen molar-refractivity contribution in [3.8, 4) is 0 Å². The Bertz CT molecular complexity index is 240. The number of hydrogen-bond acceptors (Lipinski definition) is 4. The average Bonchev–Trinajstić information content (AvgIpc) is 2.38. The SMILES string of the molecule is COCCCC(N)C(=O)NCC1CCC(O)CC1. The van der Waals surface area contributed by atoms with Crippen LogP contribution in [0.2, 0.25) is 0 Å². The van der Waals surface area contributed by atoms with Gasteiger partial charge in [-0.05, 0) is 44.4 Å². The summed E-state index contributed by atoms with van der Waals surface area (Å²) < 4.78 is 4.93. The average molecular weight is 258 g/mol. The number of amides is 1. The summed E-state index contributed by atoms with van der Waals surface area (Å²) in [6.45, 7) is 1.32. The molecule has 1 amide bonds. The smallest absolute Gasteiger partial charge is 0.236 e. The summed E-state index contributed by atoms with van der Waals surface area (Å²) in [6.07, 6.45) is 4.99. The van der Waals surface area contributed by atoms with E-state index >= 15 is 0 Å². The van der Waals surface area contributed by atoms with Crippen molar-refractivity contribution in [1.82, 2.24) is 5.32 Å². The van der Waals surface area contributed by atoms with Crippen molar-refractivity contribution < 1.29 is 14.6 Å². The summed E-state index contributed by atoms with van der Waals surface area (Å²) in [4.78, 5) is 11.7. The topological polar surface area (TPSA) is 84.6 Å². The van der Waals surface area contributed by atoms with Crippen molar-refractivity contribution in [3.63, 3.8) is 0 Å². The van der Waals surface area contributed by atoms with Crippen LogP contribution in [0.3, 0.4) is 0 Å². The molecule has 1 aliphatic rings. The lowest BCUT2D eigenvalue weighted by Crippen LogP contribution is -2.43. The lowest BCUT2D eigenvalue weighted by Gasteiger charge is -2.25. The number of ether oxygens (including phenoxy) is 1. The first-order chi connectivity index (χ1) is 8.63. The minimum Gasteiger partial charge on any atom is -0.393 e. The second-order valence-electron chi connectivity index (χ2n) is 5.16. The van der Waals surface area contributed by atoms with Crippen LogP contribution in [-0.2, 0) is 9.53 Å². The molecule has 0 bridgehead atoms. The van der Waals surface area contributed by atoms with Crippen molar-refractivity contribution in [3.05, 3.63) is 0 Å². The molecule has 5 nitrogen and oxygen atoms in total. The Labute approximate surface area is 109 Å². The molecule has 1 saturated carbocycles. The highest BCUT2D eigenvalue weighted by molar-refractivity contribution is 5.81. The number of nitrogens with two attached hydrogens (primary N) is 1. The number of aliphatic hydroxyl groups excluding tert-OH is 1. The van der Waals surface area contributed by atoms with Gasteiger partial charge < -0.3 is 20.9 Å². The maximum Gasteiger partial charge on any atom is 0.236 e. The number of rotatable bonds is 7. The maximum absolute atomic E-state index is 11.7. The van der Waals surface area contributed by atoms with Gasteiger partial charge in [-0.25, -0.2) is 0 Å². The second-order valence-corrected chi connectivity index (χ2v) is 5.16. The molecule has 0 aromatic rings. The number of carbonyl (C=O) groups is 1. The molecule has 5 heteroatoms. The second kappa shape index (κ2) is 8.45. The summed E-state index contributed by atoms with van der Waals surface area (Å²) in [7, 11) is 1.64. The molecular formula is C13H26N2O3. The highest BCUT2D eigenvalue weighted by Crippen LogP contribution is 2.23. The molecule has 1 atom stereocenters. The van der Waals surface area contributed by atoms with Gasteiger partial charge in [0.1, 0.15) is 0 Å². The van der Waals surface area contributed by atoms with E-state index in [1.54, 1.807) is 7.11 Å². The van der Waals surface area contributed by atoms with E-state index < -0.39 is 6.04 Å². The Balaban J connectivity index is 2.12. The lowest BCUT2D eigenvalue weighted by molar-refractivity contribution is -0.122. The third-order valence-electron chi connectivity index (χ3n) is 3.58. The molecule has 0 saturated heterocycles. The molecule has 106 valence electrons. The van der Waals surface area contributed by atoms with Crippen molar-refractivity contribution in [2.24, 2.45) is 11.7 Å². The molecule has 0 radical (unpaired) electrons. The van der Waals surface area contributed by atoms with E-state index in [9.17, 15) is 9.90 Å². The molecule has 1 rings (SSSR count). The largest absolute Gasteiger partial charge is 0.393 e. The van der Waals surface area contributed by atoms with Gasteiger partial charge in [-0.15, -0.1) is 0 Å². The summed E-state index contributed by atoms with van der Waals surface area (Å²) in [6, 6.07) is -0.436. The predicted molar refractivity (Wildman–Crippen MR) is 70.1 cm³/mol. The van der Waals surface area contributed by atoms with Crippen LogP contribution in [0.4, 0.5) is 0 Å². The zero-order valence-corrected chi connectivity index (χ0v) is 11.2. The molecule has 1 aliphatic carbocycles. The van der Waals surface area contributed by atoms with Crippen LogP contribution in [-0.4, -0.2) is 43.4 Å². The first-order valence-corrected chi connectivity index (χ1v) is 6.83. The molecule has 18 heavy (non-hydrogen) atoms. The van der Waals surface area contributed by atoms with Crippen LogP contribution >= 0.6 is 0 Å². The lowest BCUT2D eigenvalue weighted by atomic mass is 9.87. The van der Waals surface area contributed by atoms with E-state index in [-0.39, 0.29) is 12.0 Å². The quantitative estimate of drug-likeness (QED) is 0.577. The van der Waals surface area contributed by atoms with E-state index in [4.69, 9.17) is 10.5 Å². The number of nitrogens with one attached hydrogen (secondary N) is 1. The molecule has 1 fully saturated rings. The third-order valence-corrected chi connectivity index (χ3v) is 3.58. The fourth-order valence-electron chi connectivity index (χ4n) is 2.30. The number of carbonyl (C=O) groups excluding carboxylic acids is 1. The van der Waals surface area contributed by atoms with E-state index in [1.807, 2.05) is 0 Å². The van der Waals surface area contributed by atoms with Gasteiger partial charge in [0.2, 0.25) is 5.91 Å². The minimum atomic E-state index is -0.436. The molecule has 0 aliphatic heterocycles. The number of methoxy groups -OCH3 is 1. The van der Waals surface area contributed by atoms with Gasteiger partial charge >= 0.3 is 0 Å². The molecular weight excluding hydrogens is 232 g/mol. The van der Waals surface area contributed by atoms with Crippen molar-refractivity contribution >= 4 is 5.91 Å². The van der Waals surface area contributed by atoms with Gasteiger partial charge in [-0.2, -0.15) is 0 Å². The highest BCUT2D eigenvalue weighted by Gasteiger charge is 2.20. The van der Waals surface area contributed by atoms with Crippen LogP contribution in [0.1, 0.15) is 38.5 Å².